The van der Waals surface area contributed by atoms with E-state index in [9.17, 15) is 4.79 Å². The van der Waals surface area contributed by atoms with Crippen molar-refractivity contribution in [2.75, 3.05) is 0 Å². The summed E-state index contributed by atoms with van der Waals surface area (Å²) in [6.07, 6.45) is 1.68. The highest BCUT2D eigenvalue weighted by molar-refractivity contribution is 9.10. The summed E-state index contributed by atoms with van der Waals surface area (Å²) >= 11 is 3.42. The SMILES string of the molecule is Cc1cc2c(Br)c[nH]c(=O)c2cc1C. The van der Waals surface area contributed by atoms with Crippen molar-refractivity contribution >= 4 is 26.7 Å². The van der Waals surface area contributed by atoms with Crippen molar-refractivity contribution in [3.8, 4) is 0 Å². The minimum atomic E-state index is -0.0358. The Bertz CT molecular complexity index is 557. The van der Waals surface area contributed by atoms with Crippen molar-refractivity contribution in [1.29, 1.82) is 0 Å². The van der Waals surface area contributed by atoms with Crippen molar-refractivity contribution < 1.29 is 0 Å². The summed E-state index contributed by atoms with van der Waals surface area (Å²) in [6.45, 7) is 4.05. The highest BCUT2D eigenvalue weighted by Crippen LogP contribution is 2.23. The molecule has 0 atom stereocenters. The van der Waals surface area contributed by atoms with Gasteiger partial charge in [-0.2, -0.15) is 0 Å². The van der Waals surface area contributed by atoms with Gasteiger partial charge in [0.1, 0.15) is 0 Å². The lowest BCUT2D eigenvalue weighted by molar-refractivity contribution is 1.25. The Morgan fingerprint density at radius 2 is 1.71 bits per heavy atom. The molecule has 0 spiro atoms. The number of H-pyrrole nitrogens is 1. The van der Waals surface area contributed by atoms with Gasteiger partial charge in [-0.05, 0) is 53.0 Å². The van der Waals surface area contributed by atoms with Gasteiger partial charge in [0.05, 0.1) is 0 Å². The number of aromatic nitrogens is 1. The monoisotopic (exact) mass is 251 g/mol. The van der Waals surface area contributed by atoms with E-state index >= 15 is 0 Å². The molecule has 0 aliphatic heterocycles. The predicted octanol–water partition coefficient (Wildman–Crippen LogP) is 2.91. The van der Waals surface area contributed by atoms with E-state index < -0.39 is 0 Å². The Labute approximate surface area is 90.1 Å². The molecule has 0 aliphatic carbocycles. The maximum atomic E-state index is 11.5. The van der Waals surface area contributed by atoms with E-state index in [1.807, 2.05) is 26.0 Å². The zero-order valence-electron chi connectivity index (χ0n) is 8.02. The van der Waals surface area contributed by atoms with Crippen molar-refractivity contribution in [2.24, 2.45) is 0 Å². The third-order valence-electron chi connectivity index (χ3n) is 2.47. The molecule has 1 heterocycles. The number of hydrogen-bond donors (Lipinski definition) is 1. The smallest absolute Gasteiger partial charge is 0.255 e. The fourth-order valence-electron chi connectivity index (χ4n) is 1.49. The van der Waals surface area contributed by atoms with Crippen molar-refractivity contribution in [2.45, 2.75) is 13.8 Å². The molecule has 0 aliphatic rings. The quantitative estimate of drug-likeness (QED) is 0.768. The van der Waals surface area contributed by atoms with E-state index in [4.69, 9.17) is 0 Å². The molecule has 14 heavy (non-hydrogen) atoms. The van der Waals surface area contributed by atoms with Crippen LogP contribution < -0.4 is 5.56 Å². The van der Waals surface area contributed by atoms with Gasteiger partial charge < -0.3 is 4.98 Å². The van der Waals surface area contributed by atoms with Crippen LogP contribution in [0.1, 0.15) is 11.1 Å². The summed E-state index contributed by atoms with van der Waals surface area (Å²) in [5.74, 6) is 0. The molecule has 1 N–H and O–H groups in total. The lowest BCUT2D eigenvalue weighted by atomic mass is 10.0. The second kappa shape index (κ2) is 3.24. The number of fused-ring (bicyclic) bond motifs is 1. The molecular weight excluding hydrogens is 242 g/mol. The molecule has 3 heteroatoms. The largest absolute Gasteiger partial charge is 0.327 e. The molecule has 2 rings (SSSR count). The van der Waals surface area contributed by atoms with Gasteiger partial charge in [0.25, 0.3) is 5.56 Å². The molecule has 0 saturated carbocycles. The molecule has 0 radical (unpaired) electrons. The standard InChI is InChI=1S/C11H10BrNO/c1-6-3-8-9(4-7(6)2)11(14)13-5-10(8)12/h3-5H,1-2H3,(H,13,14). The van der Waals surface area contributed by atoms with Crippen LogP contribution in [0.2, 0.25) is 0 Å². The lowest BCUT2D eigenvalue weighted by Gasteiger charge is -2.04. The van der Waals surface area contributed by atoms with Gasteiger partial charge in [0.15, 0.2) is 0 Å². The van der Waals surface area contributed by atoms with Gasteiger partial charge in [-0.25, -0.2) is 0 Å². The minimum Gasteiger partial charge on any atom is -0.327 e. The molecule has 1 aromatic heterocycles. The van der Waals surface area contributed by atoms with Crippen LogP contribution in [0.25, 0.3) is 10.8 Å². The Morgan fingerprint density at radius 3 is 2.36 bits per heavy atom. The number of nitrogens with one attached hydrogen (secondary N) is 1. The summed E-state index contributed by atoms with van der Waals surface area (Å²) in [4.78, 5) is 14.2. The zero-order chi connectivity index (χ0) is 10.3. The first-order valence-corrected chi connectivity index (χ1v) is 5.17. The van der Waals surface area contributed by atoms with Crippen LogP contribution >= 0.6 is 15.9 Å². The first kappa shape index (κ1) is 9.46. The van der Waals surface area contributed by atoms with Crippen molar-refractivity contribution in [3.63, 3.8) is 0 Å². The van der Waals surface area contributed by atoms with E-state index in [1.165, 1.54) is 5.56 Å². The van der Waals surface area contributed by atoms with Crippen molar-refractivity contribution in [1.82, 2.24) is 4.98 Å². The fourth-order valence-corrected chi connectivity index (χ4v) is 1.93. The predicted molar refractivity (Wildman–Crippen MR) is 61.7 cm³/mol. The van der Waals surface area contributed by atoms with E-state index in [2.05, 4.69) is 20.9 Å². The summed E-state index contributed by atoms with van der Waals surface area (Å²) in [7, 11) is 0. The van der Waals surface area contributed by atoms with Gasteiger partial charge in [-0.15, -0.1) is 0 Å². The molecule has 2 aromatic rings. The summed E-state index contributed by atoms with van der Waals surface area (Å²) < 4.78 is 0.926. The van der Waals surface area contributed by atoms with Gasteiger partial charge in [-0.1, -0.05) is 0 Å². The number of aromatic amines is 1. The third-order valence-corrected chi connectivity index (χ3v) is 3.12. The van der Waals surface area contributed by atoms with Gasteiger partial charge >= 0.3 is 0 Å². The highest BCUT2D eigenvalue weighted by Gasteiger charge is 2.04. The summed E-state index contributed by atoms with van der Waals surface area (Å²) in [5.41, 5.74) is 2.30. The van der Waals surface area contributed by atoms with E-state index in [0.29, 0.717) is 0 Å². The Balaban J connectivity index is 3.02. The molecule has 0 unspecified atom stereocenters. The normalized spacial score (nSPS) is 10.8. The first-order valence-electron chi connectivity index (χ1n) is 4.38. The Kier molecular flexibility index (Phi) is 2.19. The molecule has 0 bridgehead atoms. The zero-order valence-corrected chi connectivity index (χ0v) is 9.60. The third kappa shape index (κ3) is 1.38. The van der Waals surface area contributed by atoms with Crippen LogP contribution in [0.5, 0.6) is 0 Å². The summed E-state index contributed by atoms with van der Waals surface area (Å²) in [5, 5.41) is 1.71. The van der Waals surface area contributed by atoms with Crippen LogP contribution in [-0.4, -0.2) is 4.98 Å². The Hall–Kier alpha value is -1.09. The average molecular weight is 252 g/mol. The molecular formula is C11H10BrNO. The number of halogens is 1. The van der Waals surface area contributed by atoms with E-state index in [-0.39, 0.29) is 5.56 Å². The average Bonchev–Trinajstić information content (AvgIpc) is 2.15. The van der Waals surface area contributed by atoms with Crippen LogP contribution in [0.4, 0.5) is 0 Å². The number of rotatable bonds is 0. The molecule has 0 amide bonds. The number of hydrogen-bond acceptors (Lipinski definition) is 1. The maximum absolute atomic E-state index is 11.5. The lowest BCUT2D eigenvalue weighted by Crippen LogP contribution is -2.05. The van der Waals surface area contributed by atoms with Gasteiger partial charge in [0.2, 0.25) is 0 Å². The van der Waals surface area contributed by atoms with Crippen LogP contribution in [0.15, 0.2) is 27.6 Å². The maximum Gasteiger partial charge on any atom is 0.255 e. The fraction of sp³-hybridized carbons (Fsp3) is 0.182. The first-order chi connectivity index (χ1) is 6.59. The second-order valence-electron chi connectivity index (χ2n) is 3.45. The van der Waals surface area contributed by atoms with Crippen LogP contribution in [-0.2, 0) is 0 Å². The number of pyridine rings is 1. The highest BCUT2D eigenvalue weighted by atomic mass is 79.9. The van der Waals surface area contributed by atoms with Crippen LogP contribution in [0.3, 0.4) is 0 Å². The molecule has 72 valence electrons. The molecule has 0 fully saturated rings. The number of benzene rings is 1. The Morgan fingerprint density at radius 1 is 1.14 bits per heavy atom. The topological polar surface area (TPSA) is 32.9 Å². The van der Waals surface area contributed by atoms with Gasteiger partial charge in [-0.3, -0.25) is 4.79 Å². The van der Waals surface area contributed by atoms with Gasteiger partial charge in [0, 0.05) is 21.4 Å². The van der Waals surface area contributed by atoms with Crippen molar-refractivity contribution in [3.05, 3.63) is 44.3 Å². The second-order valence-corrected chi connectivity index (χ2v) is 4.30. The summed E-state index contributed by atoms with van der Waals surface area (Å²) in [6, 6.07) is 3.96. The minimum absolute atomic E-state index is 0.0358. The molecule has 2 nitrogen and oxygen atoms in total. The van der Waals surface area contributed by atoms with Crippen LogP contribution in [0, 0.1) is 13.8 Å². The molecule has 1 aromatic carbocycles. The van der Waals surface area contributed by atoms with E-state index in [1.54, 1.807) is 6.20 Å². The molecule has 0 saturated heterocycles. The number of aryl methyl sites for hydroxylation is 2. The van der Waals surface area contributed by atoms with E-state index in [0.717, 1.165) is 20.8 Å².